The molecule has 2 fully saturated rings. The molecular weight excluding hydrogens is 400 g/mol. The van der Waals surface area contributed by atoms with E-state index in [0.717, 1.165) is 50.7 Å². The summed E-state index contributed by atoms with van der Waals surface area (Å²) in [7, 11) is 1.47. The van der Waals surface area contributed by atoms with Gasteiger partial charge in [-0.3, -0.25) is 4.90 Å². The highest BCUT2D eigenvalue weighted by atomic mass is 35.5. The molecule has 0 bridgehead atoms. The van der Waals surface area contributed by atoms with E-state index in [1.54, 1.807) is 6.07 Å². The Kier molecular flexibility index (Phi) is 9.69. The zero-order valence-corrected chi connectivity index (χ0v) is 17.2. The number of piperazine rings is 1. The number of halogens is 5. The molecule has 1 aromatic rings. The second-order valence-electron chi connectivity index (χ2n) is 7.08. The van der Waals surface area contributed by atoms with E-state index in [-0.39, 0.29) is 30.9 Å². The van der Waals surface area contributed by atoms with Crippen molar-refractivity contribution >= 4 is 24.8 Å². The van der Waals surface area contributed by atoms with Crippen LogP contribution in [0.4, 0.5) is 13.2 Å². The van der Waals surface area contributed by atoms with Crippen molar-refractivity contribution in [1.82, 2.24) is 10.2 Å². The fourth-order valence-electron chi connectivity index (χ4n) is 4.29. The van der Waals surface area contributed by atoms with Gasteiger partial charge >= 0.3 is 6.18 Å². The van der Waals surface area contributed by atoms with E-state index in [0.29, 0.717) is 11.7 Å². The summed E-state index contributed by atoms with van der Waals surface area (Å²) in [6, 6.07) is 4.14. The summed E-state index contributed by atoms with van der Waals surface area (Å²) in [4.78, 5) is 2.43. The van der Waals surface area contributed by atoms with Crippen molar-refractivity contribution in [2.45, 2.75) is 44.3 Å². The summed E-state index contributed by atoms with van der Waals surface area (Å²) < 4.78 is 44.6. The molecule has 8 heteroatoms. The molecule has 1 heterocycles. The smallest absolute Gasteiger partial charge is 0.416 e. The Balaban J connectivity index is 0.00000182. The molecule has 0 spiro atoms. The van der Waals surface area contributed by atoms with Crippen molar-refractivity contribution in [1.29, 1.82) is 0 Å². The van der Waals surface area contributed by atoms with Crippen LogP contribution >= 0.6 is 24.8 Å². The molecular formula is C19H29Cl2F3N2O. The highest BCUT2D eigenvalue weighted by Crippen LogP contribution is 2.43. The Morgan fingerprint density at radius 2 is 1.70 bits per heavy atom. The molecule has 1 aromatic carbocycles. The maximum absolute atomic E-state index is 13.1. The van der Waals surface area contributed by atoms with Crippen molar-refractivity contribution in [3.8, 4) is 5.75 Å². The van der Waals surface area contributed by atoms with Gasteiger partial charge in [-0.15, -0.1) is 24.8 Å². The number of hydrogen-bond acceptors (Lipinski definition) is 3. The molecule has 0 aromatic heterocycles. The van der Waals surface area contributed by atoms with Gasteiger partial charge in [-0.2, -0.15) is 13.2 Å². The maximum atomic E-state index is 13.1. The molecule has 0 unspecified atom stereocenters. The van der Waals surface area contributed by atoms with E-state index < -0.39 is 11.7 Å². The largest absolute Gasteiger partial charge is 0.496 e. The van der Waals surface area contributed by atoms with Gasteiger partial charge in [-0.25, -0.2) is 0 Å². The first kappa shape index (κ1) is 24.3. The number of benzene rings is 1. The predicted molar refractivity (Wildman–Crippen MR) is 106 cm³/mol. The first-order valence-corrected chi connectivity index (χ1v) is 9.20. The third-order valence-corrected chi connectivity index (χ3v) is 5.52. The molecule has 1 atom stereocenters. The summed E-state index contributed by atoms with van der Waals surface area (Å²) in [5, 5.41) is 3.36. The van der Waals surface area contributed by atoms with Crippen LogP contribution in [-0.2, 0) is 6.18 Å². The number of hydrogen-bond donors (Lipinski definition) is 1. The first-order valence-electron chi connectivity index (χ1n) is 9.20. The fourth-order valence-corrected chi connectivity index (χ4v) is 4.29. The number of nitrogens with zero attached hydrogens (tertiary/aromatic N) is 1. The molecule has 1 saturated carbocycles. The molecule has 2 aliphatic rings. The topological polar surface area (TPSA) is 24.5 Å². The molecule has 156 valence electrons. The van der Waals surface area contributed by atoms with Gasteiger partial charge in [0, 0.05) is 37.8 Å². The predicted octanol–water partition coefficient (Wildman–Crippen LogP) is 5.08. The maximum Gasteiger partial charge on any atom is 0.416 e. The average Bonchev–Trinajstić information content (AvgIpc) is 2.63. The summed E-state index contributed by atoms with van der Waals surface area (Å²) in [5.74, 6) is 0.849. The standard InChI is InChI=1S/C19H27F3N2O.2ClH/c1-25-17-13-15(19(20,21)22)7-8-16(17)18(14-5-3-2-4-6-14)24-11-9-23-10-12-24;;/h7-8,13-14,18,23H,2-6,9-12H2,1H3;2*1H/t18-;;/m1../s1. The fraction of sp³-hybridized carbons (Fsp3) is 0.684. The van der Waals surface area contributed by atoms with E-state index >= 15 is 0 Å². The molecule has 3 rings (SSSR count). The summed E-state index contributed by atoms with van der Waals surface area (Å²) in [6.07, 6.45) is 1.60. The van der Waals surface area contributed by atoms with E-state index in [4.69, 9.17) is 4.74 Å². The quantitative estimate of drug-likeness (QED) is 0.722. The molecule has 0 radical (unpaired) electrons. The zero-order valence-electron chi connectivity index (χ0n) is 15.6. The van der Waals surface area contributed by atoms with Crippen molar-refractivity contribution < 1.29 is 17.9 Å². The molecule has 0 amide bonds. The molecule has 27 heavy (non-hydrogen) atoms. The lowest BCUT2D eigenvalue weighted by Gasteiger charge is -2.41. The van der Waals surface area contributed by atoms with Crippen LogP contribution in [0.1, 0.15) is 49.3 Å². The van der Waals surface area contributed by atoms with Gasteiger partial charge in [-0.05, 0) is 30.9 Å². The monoisotopic (exact) mass is 428 g/mol. The Bertz CT molecular complexity index is 557. The van der Waals surface area contributed by atoms with Crippen molar-refractivity contribution in [2.75, 3.05) is 33.3 Å². The Morgan fingerprint density at radius 3 is 2.26 bits per heavy atom. The van der Waals surface area contributed by atoms with Crippen LogP contribution in [0.3, 0.4) is 0 Å². The van der Waals surface area contributed by atoms with Crippen LogP contribution in [-0.4, -0.2) is 38.2 Å². The van der Waals surface area contributed by atoms with E-state index in [2.05, 4.69) is 10.2 Å². The number of methoxy groups -OCH3 is 1. The van der Waals surface area contributed by atoms with Gasteiger partial charge in [0.25, 0.3) is 0 Å². The lowest BCUT2D eigenvalue weighted by Crippen LogP contribution is -2.47. The van der Waals surface area contributed by atoms with Crippen LogP contribution in [0.25, 0.3) is 0 Å². The van der Waals surface area contributed by atoms with Crippen molar-refractivity contribution in [3.63, 3.8) is 0 Å². The van der Waals surface area contributed by atoms with Gasteiger partial charge in [-0.1, -0.05) is 25.3 Å². The van der Waals surface area contributed by atoms with Gasteiger partial charge < -0.3 is 10.1 Å². The van der Waals surface area contributed by atoms with E-state index in [9.17, 15) is 13.2 Å². The van der Waals surface area contributed by atoms with Gasteiger partial charge in [0.15, 0.2) is 0 Å². The van der Waals surface area contributed by atoms with E-state index in [1.165, 1.54) is 32.4 Å². The Morgan fingerprint density at radius 1 is 1.07 bits per heavy atom. The third kappa shape index (κ3) is 5.89. The second kappa shape index (κ2) is 10.7. The Hall–Kier alpha value is -0.690. The third-order valence-electron chi connectivity index (χ3n) is 5.52. The lowest BCUT2D eigenvalue weighted by molar-refractivity contribution is -0.137. The van der Waals surface area contributed by atoms with Crippen LogP contribution in [0.5, 0.6) is 5.75 Å². The molecule has 1 aliphatic heterocycles. The highest BCUT2D eigenvalue weighted by Gasteiger charge is 2.35. The second-order valence-corrected chi connectivity index (χ2v) is 7.08. The molecule has 1 saturated heterocycles. The lowest BCUT2D eigenvalue weighted by atomic mass is 9.79. The molecule has 1 N–H and O–H groups in total. The highest BCUT2D eigenvalue weighted by molar-refractivity contribution is 5.85. The number of ether oxygens (including phenoxy) is 1. The number of alkyl halides is 3. The van der Waals surface area contributed by atoms with Crippen molar-refractivity contribution in [3.05, 3.63) is 29.3 Å². The van der Waals surface area contributed by atoms with E-state index in [1.807, 2.05) is 0 Å². The molecule has 3 nitrogen and oxygen atoms in total. The van der Waals surface area contributed by atoms with Crippen LogP contribution in [0, 0.1) is 5.92 Å². The number of rotatable bonds is 4. The van der Waals surface area contributed by atoms with Gasteiger partial charge in [0.2, 0.25) is 0 Å². The van der Waals surface area contributed by atoms with Crippen LogP contribution in [0.2, 0.25) is 0 Å². The summed E-state index contributed by atoms with van der Waals surface area (Å²) in [5.41, 5.74) is 0.264. The number of nitrogens with one attached hydrogen (secondary N) is 1. The average molecular weight is 429 g/mol. The summed E-state index contributed by atoms with van der Waals surface area (Å²) in [6.45, 7) is 3.69. The van der Waals surface area contributed by atoms with Gasteiger partial charge in [0.05, 0.1) is 12.7 Å². The first-order chi connectivity index (χ1) is 12.0. The minimum absolute atomic E-state index is 0. The normalized spacial score (nSPS) is 20.3. The van der Waals surface area contributed by atoms with Crippen molar-refractivity contribution in [2.24, 2.45) is 5.92 Å². The minimum atomic E-state index is -4.35. The Labute approximate surface area is 171 Å². The summed E-state index contributed by atoms with van der Waals surface area (Å²) >= 11 is 0. The minimum Gasteiger partial charge on any atom is -0.496 e. The van der Waals surface area contributed by atoms with Crippen LogP contribution in [0.15, 0.2) is 18.2 Å². The van der Waals surface area contributed by atoms with Gasteiger partial charge in [0.1, 0.15) is 5.75 Å². The van der Waals surface area contributed by atoms with Crippen LogP contribution < -0.4 is 10.1 Å². The SMILES string of the molecule is COc1cc(C(F)(F)F)ccc1[C@@H](C1CCCCC1)N1CCNCC1.Cl.Cl. The zero-order chi connectivity index (χ0) is 17.9. The molecule has 1 aliphatic carbocycles.